The van der Waals surface area contributed by atoms with E-state index in [0.29, 0.717) is 0 Å². The van der Waals surface area contributed by atoms with Crippen molar-refractivity contribution in [1.82, 2.24) is 0 Å². The molecule has 0 aliphatic carbocycles. The van der Waals surface area contributed by atoms with Crippen LogP contribution in [0.1, 0.15) is 24.0 Å². The summed E-state index contributed by atoms with van der Waals surface area (Å²) in [5.74, 6) is 0.00801. The van der Waals surface area contributed by atoms with Gasteiger partial charge in [-0.3, -0.25) is 0 Å². The maximum Gasteiger partial charge on any atom is 0.217 e. The van der Waals surface area contributed by atoms with Gasteiger partial charge in [-0.1, -0.05) is 19.9 Å². The second-order valence-electron chi connectivity index (χ2n) is 3.27. The van der Waals surface area contributed by atoms with E-state index in [0.717, 1.165) is 4.88 Å². The van der Waals surface area contributed by atoms with Gasteiger partial charge in [0.15, 0.2) is 0 Å². The van der Waals surface area contributed by atoms with E-state index in [1.165, 1.54) is 11.3 Å². The Morgan fingerprint density at radius 1 is 1.46 bits per heavy atom. The predicted molar refractivity (Wildman–Crippen MR) is 55.0 cm³/mol. The fourth-order valence-corrected chi connectivity index (χ4v) is 3.93. The molecule has 0 spiro atoms. The lowest BCUT2D eigenvalue weighted by Crippen LogP contribution is -2.24. The third-order valence-corrected chi connectivity index (χ3v) is 4.39. The van der Waals surface area contributed by atoms with Crippen LogP contribution in [-0.2, 0) is 10.0 Å². The molecule has 3 nitrogen and oxygen atoms in total. The van der Waals surface area contributed by atoms with Crippen molar-refractivity contribution in [2.24, 2.45) is 11.1 Å². The summed E-state index contributed by atoms with van der Waals surface area (Å²) < 4.78 is 22.5. The number of thiophene rings is 1. The van der Waals surface area contributed by atoms with Gasteiger partial charge in [-0.15, -0.1) is 11.3 Å². The molecule has 0 aromatic carbocycles. The Morgan fingerprint density at radius 3 is 2.38 bits per heavy atom. The van der Waals surface area contributed by atoms with Crippen molar-refractivity contribution in [2.45, 2.75) is 19.1 Å². The van der Waals surface area contributed by atoms with E-state index in [1.807, 2.05) is 25.3 Å². The molecule has 5 heteroatoms. The van der Waals surface area contributed by atoms with Gasteiger partial charge in [-0.2, -0.15) is 0 Å². The molecule has 2 N–H and O–H groups in total. The molecule has 0 aliphatic rings. The van der Waals surface area contributed by atoms with Crippen molar-refractivity contribution in [1.29, 1.82) is 0 Å². The lowest BCUT2D eigenvalue weighted by atomic mass is 10.1. The number of sulfonamides is 1. The standard InChI is InChI=1S/C8H13NO2S2/c1-6(2)8(13(9,10)11)7-4-3-5-12-7/h3-6,8H,1-2H3,(H2,9,10,11). The fourth-order valence-electron chi connectivity index (χ4n) is 1.32. The number of primary sulfonamides is 1. The minimum absolute atomic E-state index is 0.00801. The number of hydrogen-bond donors (Lipinski definition) is 1. The third kappa shape index (κ3) is 2.52. The van der Waals surface area contributed by atoms with E-state index < -0.39 is 15.3 Å². The molecular formula is C8H13NO2S2. The highest BCUT2D eigenvalue weighted by molar-refractivity contribution is 7.89. The molecule has 0 fully saturated rings. The van der Waals surface area contributed by atoms with Gasteiger partial charge >= 0.3 is 0 Å². The van der Waals surface area contributed by atoms with Crippen molar-refractivity contribution in [3.05, 3.63) is 22.4 Å². The maximum absolute atomic E-state index is 11.3. The summed E-state index contributed by atoms with van der Waals surface area (Å²) in [5, 5.41) is 6.45. The zero-order valence-electron chi connectivity index (χ0n) is 7.60. The van der Waals surface area contributed by atoms with Crippen LogP contribution in [0.2, 0.25) is 0 Å². The molecule has 1 atom stereocenters. The maximum atomic E-state index is 11.3. The minimum Gasteiger partial charge on any atom is -0.228 e. The van der Waals surface area contributed by atoms with E-state index in [1.54, 1.807) is 6.07 Å². The molecule has 0 aliphatic heterocycles. The predicted octanol–water partition coefficient (Wildman–Crippen LogP) is 1.73. The third-order valence-electron chi connectivity index (χ3n) is 1.78. The summed E-state index contributed by atoms with van der Waals surface area (Å²) in [4.78, 5) is 0.817. The van der Waals surface area contributed by atoms with Crippen LogP contribution in [0.5, 0.6) is 0 Å². The molecule has 74 valence electrons. The molecule has 0 radical (unpaired) electrons. The zero-order valence-corrected chi connectivity index (χ0v) is 9.23. The van der Waals surface area contributed by atoms with Crippen LogP contribution in [0, 0.1) is 5.92 Å². The Labute approximate surface area is 82.6 Å². The lowest BCUT2D eigenvalue weighted by Gasteiger charge is -2.16. The first kappa shape index (κ1) is 10.7. The second kappa shape index (κ2) is 3.77. The summed E-state index contributed by atoms with van der Waals surface area (Å²) in [6.45, 7) is 3.71. The molecule has 1 unspecified atom stereocenters. The van der Waals surface area contributed by atoms with E-state index in [2.05, 4.69) is 0 Å². The Bertz CT molecular complexity index is 354. The van der Waals surface area contributed by atoms with Crippen LogP contribution in [-0.4, -0.2) is 8.42 Å². The molecule has 0 saturated heterocycles. The van der Waals surface area contributed by atoms with E-state index in [-0.39, 0.29) is 5.92 Å². The Balaban J connectivity index is 3.09. The Morgan fingerprint density at radius 2 is 2.08 bits per heavy atom. The van der Waals surface area contributed by atoms with Crippen LogP contribution >= 0.6 is 11.3 Å². The van der Waals surface area contributed by atoms with Crippen molar-refractivity contribution in [2.75, 3.05) is 0 Å². The SMILES string of the molecule is CC(C)C(c1cccs1)S(N)(=O)=O. The second-order valence-corrected chi connectivity index (χ2v) is 5.93. The van der Waals surface area contributed by atoms with Crippen LogP contribution < -0.4 is 5.14 Å². The Kier molecular flexibility index (Phi) is 3.10. The van der Waals surface area contributed by atoms with Gasteiger partial charge in [0.1, 0.15) is 5.25 Å². The number of nitrogens with two attached hydrogens (primary N) is 1. The summed E-state index contributed by atoms with van der Waals surface area (Å²) in [5.41, 5.74) is 0. The van der Waals surface area contributed by atoms with Crippen LogP contribution in [0.25, 0.3) is 0 Å². The quantitative estimate of drug-likeness (QED) is 0.841. The van der Waals surface area contributed by atoms with Gasteiger partial charge in [-0.05, 0) is 17.4 Å². The van der Waals surface area contributed by atoms with Crippen LogP contribution in [0.4, 0.5) is 0 Å². The fraction of sp³-hybridized carbons (Fsp3) is 0.500. The van der Waals surface area contributed by atoms with Gasteiger partial charge in [0.25, 0.3) is 0 Å². The molecule has 0 bridgehead atoms. The highest BCUT2D eigenvalue weighted by atomic mass is 32.2. The normalized spacial score (nSPS) is 14.8. The first-order valence-electron chi connectivity index (χ1n) is 3.98. The first-order valence-corrected chi connectivity index (χ1v) is 6.47. The van der Waals surface area contributed by atoms with Crippen molar-refractivity contribution >= 4 is 21.4 Å². The van der Waals surface area contributed by atoms with Crippen LogP contribution in [0.3, 0.4) is 0 Å². The molecule has 1 aromatic heterocycles. The first-order chi connectivity index (χ1) is 5.93. The monoisotopic (exact) mass is 219 g/mol. The molecule has 0 saturated carbocycles. The van der Waals surface area contributed by atoms with Crippen molar-refractivity contribution in [3.8, 4) is 0 Å². The van der Waals surface area contributed by atoms with Gasteiger partial charge in [0.05, 0.1) is 0 Å². The van der Waals surface area contributed by atoms with Crippen molar-refractivity contribution in [3.63, 3.8) is 0 Å². The van der Waals surface area contributed by atoms with E-state index in [4.69, 9.17) is 5.14 Å². The van der Waals surface area contributed by atoms with Gasteiger partial charge in [-0.25, -0.2) is 13.6 Å². The summed E-state index contributed by atoms with van der Waals surface area (Å²) in [6.07, 6.45) is 0. The van der Waals surface area contributed by atoms with E-state index >= 15 is 0 Å². The molecule has 1 heterocycles. The molecule has 0 amide bonds. The highest BCUT2D eigenvalue weighted by Crippen LogP contribution is 2.31. The largest absolute Gasteiger partial charge is 0.228 e. The summed E-state index contributed by atoms with van der Waals surface area (Å²) in [6, 6.07) is 3.64. The topological polar surface area (TPSA) is 60.2 Å². The minimum atomic E-state index is -3.48. The molecular weight excluding hydrogens is 206 g/mol. The van der Waals surface area contributed by atoms with Gasteiger partial charge in [0.2, 0.25) is 10.0 Å². The number of rotatable bonds is 3. The number of hydrogen-bond acceptors (Lipinski definition) is 3. The highest BCUT2D eigenvalue weighted by Gasteiger charge is 2.27. The zero-order chi connectivity index (χ0) is 10.1. The summed E-state index contributed by atoms with van der Waals surface area (Å²) in [7, 11) is -3.48. The van der Waals surface area contributed by atoms with Gasteiger partial charge in [0, 0.05) is 4.88 Å². The van der Waals surface area contributed by atoms with Gasteiger partial charge < -0.3 is 0 Å². The Hall–Kier alpha value is -0.390. The summed E-state index contributed by atoms with van der Waals surface area (Å²) >= 11 is 1.43. The van der Waals surface area contributed by atoms with Crippen LogP contribution in [0.15, 0.2) is 17.5 Å². The molecule has 13 heavy (non-hydrogen) atoms. The van der Waals surface area contributed by atoms with Crippen molar-refractivity contribution < 1.29 is 8.42 Å². The molecule has 1 aromatic rings. The average Bonchev–Trinajstić information content (AvgIpc) is 2.34. The van der Waals surface area contributed by atoms with E-state index in [9.17, 15) is 8.42 Å². The average molecular weight is 219 g/mol. The smallest absolute Gasteiger partial charge is 0.217 e. The molecule has 1 rings (SSSR count). The lowest BCUT2D eigenvalue weighted by molar-refractivity contribution is 0.545.